The maximum Gasteiger partial charge on any atom is 0.262 e. The molecule has 2 aromatic rings. The zero-order valence-electron chi connectivity index (χ0n) is 14.2. The van der Waals surface area contributed by atoms with E-state index in [1.165, 1.54) is 12.1 Å². The Morgan fingerprint density at radius 2 is 2.00 bits per heavy atom. The van der Waals surface area contributed by atoms with Gasteiger partial charge in [0.2, 0.25) is 0 Å². The van der Waals surface area contributed by atoms with Crippen molar-refractivity contribution in [2.75, 3.05) is 38.2 Å². The van der Waals surface area contributed by atoms with Crippen molar-refractivity contribution in [3.63, 3.8) is 0 Å². The molecule has 1 aliphatic rings. The van der Waals surface area contributed by atoms with Crippen molar-refractivity contribution >= 4 is 23.2 Å². The molecule has 0 aliphatic carbocycles. The lowest BCUT2D eigenvalue weighted by molar-refractivity contribution is -0.118. The molecule has 3 rings (SSSR count). The number of nitrogens with one attached hydrogen (secondary N) is 1. The van der Waals surface area contributed by atoms with E-state index in [2.05, 4.69) is 10.2 Å². The lowest BCUT2D eigenvalue weighted by Crippen LogP contribution is -2.36. The van der Waals surface area contributed by atoms with Crippen molar-refractivity contribution in [3.05, 3.63) is 58.9 Å². The quantitative estimate of drug-likeness (QED) is 0.837. The van der Waals surface area contributed by atoms with Gasteiger partial charge in [-0.2, -0.15) is 0 Å². The Morgan fingerprint density at radius 3 is 2.77 bits per heavy atom. The van der Waals surface area contributed by atoms with Crippen LogP contribution in [0.3, 0.4) is 0 Å². The third-order valence-electron chi connectivity index (χ3n) is 4.04. The van der Waals surface area contributed by atoms with E-state index in [0.717, 1.165) is 50.2 Å². The minimum absolute atomic E-state index is 0.130. The molecule has 1 N–H and O–H groups in total. The molecule has 1 fully saturated rings. The van der Waals surface area contributed by atoms with Crippen molar-refractivity contribution in [1.29, 1.82) is 0 Å². The van der Waals surface area contributed by atoms with Gasteiger partial charge in [-0.05, 0) is 29.8 Å². The first-order valence-electron chi connectivity index (χ1n) is 8.37. The topological polar surface area (TPSA) is 50.8 Å². The standard InChI is InChI=1S/C19H20ClFN2O3/c20-16-11-15(21)5-6-18(16)26-13-19(24)22-17-4-2-1-3-14(17)12-23-7-9-25-10-8-23/h1-6,11H,7-10,12-13H2,(H,22,24). The molecule has 2 aromatic carbocycles. The van der Waals surface area contributed by atoms with Gasteiger partial charge in [-0.1, -0.05) is 29.8 Å². The van der Waals surface area contributed by atoms with Crippen LogP contribution in [0.25, 0.3) is 0 Å². The van der Waals surface area contributed by atoms with Gasteiger partial charge < -0.3 is 14.8 Å². The van der Waals surface area contributed by atoms with E-state index in [1.54, 1.807) is 0 Å². The molecule has 0 atom stereocenters. The van der Waals surface area contributed by atoms with Crippen molar-refractivity contribution in [2.24, 2.45) is 0 Å². The third kappa shape index (κ3) is 5.17. The Morgan fingerprint density at radius 1 is 1.23 bits per heavy atom. The second-order valence-corrected chi connectivity index (χ2v) is 6.36. The molecule has 5 nitrogen and oxygen atoms in total. The molecule has 1 amide bonds. The number of carbonyl (C=O) groups excluding carboxylic acids is 1. The summed E-state index contributed by atoms with van der Waals surface area (Å²) in [4.78, 5) is 14.5. The highest BCUT2D eigenvalue weighted by Gasteiger charge is 2.14. The number of morpholine rings is 1. The number of benzene rings is 2. The highest BCUT2D eigenvalue weighted by atomic mass is 35.5. The molecule has 1 heterocycles. The SMILES string of the molecule is O=C(COc1ccc(F)cc1Cl)Nc1ccccc1CN1CCOCC1. The average molecular weight is 379 g/mol. The summed E-state index contributed by atoms with van der Waals surface area (Å²) >= 11 is 5.89. The maximum atomic E-state index is 13.0. The molecule has 1 saturated heterocycles. The van der Waals surface area contributed by atoms with Gasteiger partial charge in [-0.25, -0.2) is 4.39 Å². The number of nitrogens with zero attached hydrogens (tertiary/aromatic N) is 1. The normalized spacial score (nSPS) is 14.8. The third-order valence-corrected chi connectivity index (χ3v) is 4.34. The van der Waals surface area contributed by atoms with E-state index in [-0.39, 0.29) is 23.3 Å². The smallest absolute Gasteiger partial charge is 0.262 e. The van der Waals surface area contributed by atoms with Crippen LogP contribution in [0.1, 0.15) is 5.56 Å². The number of hydrogen-bond acceptors (Lipinski definition) is 4. The molecule has 1 aliphatic heterocycles. The van der Waals surface area contributed by atoms with Gasteiger partial charge >= 0.3 is 0 Å². The fraction of sp³-hybridized carbons (Fsp3) is 0.316. The summed E-state index contributed by atoms with van der Waals surface area (Å²) in [5.74, 6) is -0.492. The number of ether oxygens (including phenoxy) is 2. The van der Waals surface area contributed by atoms with Gasteiger partial charge in [0.15, 0.2) is 6.61 Å². The van der Waals surface area contributed by atoms with E-state index in [0.29, 0.717) is 0 Å². The summed E-state index contributed by atoms with van der Waals surface area (Å²) in [5.41, 5.74) is 1.78. The van der Waals surface area contributed by atoms with Crippen LogP contribution in [0.5, 0.6) is 5.75 Å². The zero-order chi connectivity index (χ0) is 18.4. The maximum absolute atomic E-state index is 13.0. The first-order chi connectivity index (χ1) is 12.6. The van der Waals surface area contributed by atoms with E-state index in [4.69, 9.17) is 21.1 Å². The zero-order valence-corrected chi connectivity index (χ0v) is 15.0. The molecular formula is C19H20ClFN2O3. The van der Waals surface area contributed by atoms with Crippen molar-refractivity contribution < 1.29 is 18.7 Å². The van der Waals surface area contributed by atoms with Crippen LogP contribution >= 0.6 is 11.6 Å². The largest absolute Gasteiger partial charge is 0.482 e. The summed E-state index contributed by atoms with van der Waals surface area (Å²) in [7, 11) is 0. The summed E-state index contributed by atoms with van der Waals surface area (Å²) < 4.78 is 23.8. The molecule has 0 unspecified atom stereocenters. The van der Waals surface area contributed by atoms with Crippen LogP contribution in [0, 0.1) is 5.82 Å². The van der Waals surface area contributed by atoms with Crippen molar-refractivity contribution in [3.8, 4) is 5.75 Å². The van der Waals surface area contributed by atoms with Crippen LogP contribution in [0.4, 0.5) is 10.1 Å². The first-order valence-corrected chi connectivity index (χ1v) is 8.75. The van der Waals surface area contributed by atoms with Gasteiger partial charge in [0.1, 0.15) is 11.6 Å². The fourth-order valence-electron chi connectivity index (χ4n) is 2.70. The van der Waals surface area contributed by atoms with E-state index >= 15 is 0 Å². The number of rotatable bonds is 6. The van der Waals surface area contributed by atoms with Crippen LogP contribution in [-0.4, -0.2) is 43.7 Å². The summed E-state index contributed by atoms with van der Waals surface area (Å²) in [6.07, 6.45) is 0. The van der Waals surface area contributed by atoms with E-state index < -0.39 is 5.82 Å². The molecule has 0 spiro atoms. The number of amides is 1. The summed E-state index contributed by atoms with van der Waals surface area (Å²) in [5, 5.41) is 2.99. The Hall–Kier alpha value is -2.15. The van der Waals surface area contributed by atoms with Gasteiger partial charge in [0, 0.05) is 25.3 Å². The van der Waals surface area contributed by atoms with Gasteiger partial charge in [-0.15, -0.1) is 0 Å². The fourth-order valence-corrected chi connectivity index (χ4v) is 2.92. The minimum Gasteiger partial charge on any atom is -0.482 e. The molecule has 0 bridgehead atoms. The molecule has 0 radical (unpaired) electrons. The Bertz CT molecular complexity index is 766. The monoisotopic (exact) mass is 378 g/mol. The Labute approximate surface area is 156 Å². The van der Waals surface area contributed by atoms with Gasteiger partial charge in [0.25, 0.3) is 5.91 Å². The van der Waals surface area contributed by atoms with Crippen LogP contribution in [0.15, 0.2) is 42.5 Å². The molecule has 138 valence electrons. The lowest BCUT2D eigenvalue weighted by atomic mass is 10.1. The summed E-state index contributed by atoms with van der Waals surface area (Å²) in [6.45, 7) is 3.71. The number of carbonyl (C=O) groups is 1. The Kier molecular flexibility index (Phi) is 6.44. The van der Waals surface area contributed by atoms with Crippen LogP contribution in [-0.2, 0) is 16.1 Å². The predicted octanol–water partition coefficient (Wildman–Crippen LogP) is 3.33. The second kappa shape index (κ2) is 8.98. The molecule has 0 aromatic heterocycles. The molecule has 7 heteroatoms. The lowest BCUT2D eigenvalue weighted by Gasteiger charge is -2.27. The van der Waals surface area contributed by atoms with Gasteiger partial charge in [-0.3, -0.25) is 9.69 Å². The van der Waals surface area contributed by atoms with E-state index in [9.17, 15) is 9.18 Å². The minimum atomic E-state index is -0.455. The molecule has 0 saturated carbocycles. The number of halogens is 2. The number of anilines is 1. The van der Waals surface area contributed by atoms with Crippen molar-refractivity contribution in [1.82, 2.24) is 4.90 Å². The average Bonchev–Trinajstić information content (AvgIpc) is 2.63. The molecule has 26 heavy (non-hydrogen) atoms. The van der Waals surface area contributed by atoms with Gasteiger partial charge in [0.05, 0.1) is 18.2 Å². The van der Waals surface area contributed by atoms with E-state index in [1.807, 2.05) is 24.3 Å². The highest BCUT2D eigenvalue weighted by Crippen LogP contribution is 2.25. The Balaban J connectivity index is 1.58. The number of hydrogen-bond donors (Lipinski definition) is 1. The predicted molar refractivity (Wildman–Crippen MR) is 98.1 cm³/mol. The first kappa shape index (κ1) is 18.6. The van der Waals surface area contributed by atoms with Crippen molar-refractivity contribution in [2.45, 2.75) is 6.54 Å². The summed E-state index contributed by atoms with van der Waals surface area (Å²) in [6, 6.07) is 11.4. The highest BCUT2D eigenvalue weighted by molar-refractivity contribution is 6.32. The van der Waals surface area contributed by atoms with Crippen LogP contribution in [0.2, 0.25) is 5.02 Å². The number of para-hydroxylation sites is 1. The second-order valence-electron chi connectivity index (χ2n) is 5.96. The van der Waals surface area contributed by atoms with Crippen LogP contribution < -0.4 is 10.1 Å². The molecular weight excluding hydrogens is 359 g/mol.